The third kappa shape index (κ3) is 2.79. The monoisotopic (exact) mass is 489 g/mol. The van der Waals surface area contributed by atoms with Gasteiger partial charge < -0.3 is 0 Å². The molecule has 0 atom stereocenters. The average molecular weight is 489 g/mol. The summed E-state index contributed by atoms with van der Waals surface area (Å²) in [4.78, 5) is 2.52. The molecule has 0 N–H and O–H groups in total. The summed E-state index contributed by atoms with van der Waals surface area (Å²) < 4.78 is 4.37. The number of rotatable bonds is 2. The molecule has 1 nitrogen and oxygen atoms in total. The standard InChI is InChI=1S/C22H24BrNSeSi/c1-22(2)15-10-6-8-12-18(15)24(19-13-9-7-11-16(19)22)21-17(23)14-20(25-21)26(3,4)5/h6-14H,1-5H3. The molecule has 0 saturated heterocycles. The molecule has 0 bridgehead atoms. The summed E-state index contributed by atoms with van der Waals surface area (Å²) in [6.45, 7) is 12.0. The van der Waals surface area contributed by atoms with E-state index in [-0.39, 0.29) is 5.41 Å². The maximum atomic E-state index is 3.90. The van der Waals surface area contributed by atoms with Gasteiger partial charge in [0.25, 0.3) is 0 Å². The van der Waals surface area contributed by atoms with Gasteiger partial charge in [0.05, 0.1) is 0 Å². The Morgan fingerprint density at radius 2 is 1.38 bits per heavy atom. The Balaban J connectivity index is 2.01. The summed E-state index contributed by atoms with van der Waals surface area (Å²) >= 11 is 4.27. The van der Waals surface area contributed by atoms with Crippen molar-refractivity contribution >= 4 is 58.5 Å². The van der Waals surface area contributed by atoms with E-state index in [4.69, 9.17) is 0 Å². The molecule has 0 unspecified atom stereocenters. The summed E-state index contributed by atoms with van der Waals surface area (Å²) in [6.07, 6.45) is 0. The van der Waals surface area contributed by atoms with Gasteiger partial charge in [0.1, 0.15) is 0 Å². The molecule has 0 fully saturated rings. The molecule has 1 aliphatic rings. The Labute approximate surface area is 171 Å². The minimum absolute atomic E-state index is 0.0113. The van der Waals surface area contributed by atoms with Crippen molar-refractivity contribution in [2.24, 2.45) is 0 Å². The Hall–Kier alpha value is -1.06. The molecule has 26 heavy (non-hydrogen) atoms. The summed E-state index contributed by atoms with van der Waals surface area (Å²) in [6, 6.07) is 20.2. The van der Waals surface area contributed by atoms with E-state index in [0.717, 1.165) is 0 Å². The number of hydrogen-bond donors (Lipinski definition) is 0. The van der Waals surface area contributed by atoms with Gasteiger partial charge in [0, 0.05) is 0 Å². The van der Waals surface area contributed by atoms with E-state index in [9.17, 15) is 0 Å². The predicted octanol–water partition coefficient (Wildman–Crippen LogP) is 6.16. The first-order valence-electron chi connectivity index (χ1n) is 9.00. The number of nitrogens with zero attached hydrogens (tertiary/aromatic N) is 1. The first kappa shape index (κ1) is 18.3. The number of fused-ring (bicyclic) bond motifs is 2. The van der Waals surface area contributed by atoms with Gasteiger partial charge in [-0.15, -0.1) is 0 Å². The molecule has 3 aromatic rings. The van der Waals surface area contributed by atoms with Crippen LogP contribution in [-0.4, -0.2) is 22.6 Å². The van der Waals surface area contributed by atoms with E-state index in [1.54, 1.807) is 4.06 Å². The Morgan fingerprint density at radius 1 is 0.885 bits per heavy atom. The maximum absolute atomic E-state index is 3.90. The van der Waals surface area contributed by atoms with Crippen molar-refractivity contribution in [1.29, 1.82) is 0 Å². The number of hydrogen-bond acceptors (Lipinski definition) is 1. The zero-order valence-electron chi connectivity index (χ0n) is 15.9. The molecule has 0 radical (unpaired) electrons. The number of benzene rings is 2. The van der Waals surface area contributed by atoms with Gasteiger partial charge in [-0.25, -0.2) is 0 Å². The van der Waals surface area contributed by atoms with Gasteiger partial charge in [0.2, 0.25) is 0 Å². The van der Waals surface area contributed by atoms with Crippen molar-refractivity contribution in [3.8, 4) is 0 Å². The molecular weight excluding hydrogens is 465 g/mol. The Morgan fingerprint density at radius 3 is 1.85 bits per heavy atom. The predicted molar refractivity (Wildman–Crippen MR) is 121 cm³/mol. The van der Waals surface area contributed by atoms with Crippen LogP contribution in [0.5, 0.6) is 0 Å². The molecule has 1 aromatic heterocycles. The molecule has 4 heteroatoms. The quantitative estimate of drug-likeness (QED) is 0.390. The van der Waals surface area contributed by atoms with E-state index >= 15 is 0 Å². The molecule has 2 aromatic carbocycles. The van der Waals surface area contributed by atoms with E-state index in [0.29, 0.717) is 14.5 Å². The first-order chi connectivity index (χ1) is 12.2. The van der Waals surface area contributed by atoms with Gasteiger partial charge in [0.15, 0.2) is 0 Å². The van der Waals surface area contributed by atoms with Crippen LogP contribution in [0.3, 0.4) is 0 Å². The molecule has 134 valence electrons. The second kappa shape index (κ2) is 6.24. The average Bonchev–Trinajstić information content (AvgIpc) is 2.97. The van der Waals surface area contributed by atoms with Crippen LogP contribution in [0.1, 0.15) is 25.0 Å². The van der Waals surface area contributed by atoms with Crippen LogP contribution in [-0.2, 0) is 5.41 Å². The van der Waals surface area contributed by atoms with Gasteiger partial charge >= 0.3 is 173 Å². The van der Waals surface area contributed by atoms with Crippen molar-refractivity contribution in [2.75, 3.05) is 4.90 Å². The van der Waals surface area contributed by atoms with E-state index in [2.05, 4.69) is 109 Å². The van der Waals surface area contributed by atoms with E-state index in [1.165, 1.54) is 31.5 Å². The normalized spacial score (nSPS) is 15.5. The van der Waals surface area contributed by atoms with Crippen LogP contribution >= 0.6 is 15.9 Å². The first-order valence-corrected chi connectivity index (χ1v) is 15.0. The molecular formula is C22H24BrNSeSi. The number of para-hydroxylation sites is 2. The molecule has 0 spiro atoms. The van der Waals surface area contributed by atoms with Crippen LogP contribution in [0.25, 0.3) is 0 Å². The second-order valence-corrected chi connectivity index (χ2v) is 17.4. The van der Waals surface area contributed by atoms with Crippen molar-refractivity contribution < 1.29 is 0 Å². The number of anilines is 3. The zero-order valence-corrected chi connectivity index (χ0v) is 20.2. The molecule has 1 aliphatic heterocycles. The van der Waals surface area contributed by atoms with Gasteiger partial charge in [-0.05, 0) is 0 Å². The van der Waals surface area contributed by atoms with Crippen molar-refractivity contribution in [1.82, 2.24) is 0 Å². The van der Waals surface area contributed by atoms with Crippen molar-refractivity contribution in [2.45, 2.75) is 38.9 Å². The SMILES string of the molecule is CC1(C)c2ccccc2N(c2[se]c([Si](C)(C)C)cc2Br)c2ccccc21. The fraction of sp³-hybridized carbons (Fsp3) is 0.273. The van der Waals surface area contributed by atoms with Crippen LogP contribution in [0.4, 0.5) is 15.9 Å². The minimum atomic E-state index is -1.29. The Kier molecular flexibility index (Phi) is 4.39. The molecule has 4 rings (SSSR count). The molecule has 2 heterocycles. The fourth-order valence-electron chi connectivity index (χ4n) is 3.77. The second-order valence-electron chi connectivity index (χ2n) is 8.51. The third-order valence-electron chi connectivity index (χ3n) is 5.25. The van der Waals surface area contributed by atoms with E-state index < -0.39 is 8.07 Å². The van der Waals surface area contributed by atoms with E-state index in [1.807, 2.05) is 0 Å². The summed E-state index contributed by atoms with van der Waals surface area (Å²) in [7, 11) is -1.29. The summed E-state index contributed by atoms with van der Waals surface area (Å²) in [5.74, 6) is 0. The summed E-state index contributed by atoms with van der Waals surface area (Å²) in [5, 5.41) is 0. The van der Waals surface area contributed by atoms with Gasteiger partial charge in [-0.1, -0.05) is 0 Å². The van der Waals surface area contributed by atoms with Crippen LogP contribution in [0.2, 0.25) is 19.6 Å². The van der Waals surface area contributed by atoms with Crippen LogP contribution in [0.15, 0.2) is 59.1 Å². The van der Waals surface area contributed by atoms with Crippen LogP contribution < -0.4 is 8.96 Å². The summed E-state index contributed by atoms with van der Waals surface area (Å²) in [5.41, 5.74) is 5.48. The molecule has 0 amide bonds. The van der Waals surface area contributed by atoms with Crippen LogP contribution in [0, 0.1) is 0 Å². The van der Waals surface area contributed by atoms with Gasteiger partial charge in [-0.3, -0.25) is 0 Å². The number of halogens is 1. The van der Waals surface area contributed by atoms with Gasteiger partial charge in [-0.2, -0.15) is 0 Å². The topological polar surface area (TPSA) is 3.24 Å². The third-order valence-corrected chi connectivity index (χ3v) is 14.4. The zero-order chi connectivity index (χ0) is 18.7. The Bertz CT molecular complexity index is 934. The molecule has 0 aliphatic carbocycles. The molecule has 0 saturated carbocycles. The van der Waals surface area contributed by atoms with Crippen molar-refractivity contribution in [3.05, 3.63) is 70.2 Å². The van der Waals surface area contributed by atoms with Crippen molar-refractivity contribution in [3.63, 3.8) is 0 Å². The fourth-order valence-corrected chi connectivity index (χ4v) is 10.2.